The highest BCUT2D eigenvalue weighted by atomic mass is 35.5. The van der Waals surface area contributed by atoms with Crippen LogP contribution in [0.3, 0.4) is 0 Å². The van der Waals surface area contributed by atoms with Gasteiger partial charge >= 0.3 is 0 Å². The number of rotatable bonds is 4. The van der Waals surface area contributed by atoms with Crippen LogP contribution in [0.4, 0.5) is 17.2 Å². The lowest BCUT2D eigenvalue weighted by atomic mass is 10.2. The fourth-order valence-corrected chi connectivity index (χ4v) is 2.51. The van der Waals surface area contributed by atoms with Crippen molar-refractivity contribution in [2.45, 2.75) is 13.8 Å². The molecule has 0 saturated heterocycles. The van der Waals surface area contributed by atoms with Crippen LogP contribution in [0.2, 0.25) is 5.02 Å². The Balaban J connectivity index is 1.76. The van der Waals surface area contributed by atoms with Gasteiger partial charge < -0.3 is 10.6 Å². The topological polar surface area (TPSA) is 66.9 Å². The zero-order valence-corrected chi connectivity index (χ0v) is 14.6. The number of nitrogens with one attached hydrogen (secondary N) is 2. The summed E-state index contributed by atoms with van der Waals surface area (Å²) in [5, 5.41) is 6.67. The van der Waals surface area contributed by atoms with Gasteiger partial charge in [0.1, 0.15) is 17.8 Å². The highest BCUT2D eigenvalue weighted by molar-refractivity contribution is 6.30. The molecule has 0 radical (unpaired) electrons. The lowest BCUT2D eigenvalue weighted by molar-refractivity contribution is 0.102. The van der Waals surface area contributed by atoms with Crippen molar-refractivity contribution in [2.75, 3.05) is 10.6 Å². The zero-order chi connectivity index (χ0) is 17.8. The minimum absolute atomic E-state index is 0.282. The second-order valence-electron chi connectivity index (χ2n) is 5.69. The molecule has 25 heavy (non-hydrogen) atoms. The number of carbonyl (C=O) groups excluding carboxylic acids is 1. The Hall–Kier alpha value is -2.92. The molecule has 0 saturated carbocycles. The summed E-state index contributed by atoms with van der Waals surface area (Å²) in [7, 11) is 0. The molecule has 0 aliphatic carbocycles. The minimum atomic E-state index is -0.290. The van der Waals surface area contributed by atoms with E-state index in [1.54, 1.807) is 12.1 Å². The first kappa shape index (κ1) is 16.9. The molecule has 2 N–H and O–H groups in total. The molecule has 2 aromatic carbocycles. The summed E-state index contributed by atoms with van der Waals surface area (Å²) in [6, 6.07) is 14.7. The SMILES string of the molecule is Cc1ccc(NC(=O)c2cc(Nc3ccc(Cl)cc3C)ncn2)cc1. The van der Waals surface area contributed by atoms with Crippen molar-refractivity contribution in [3.8, 4) is 0 Å². The van der Waals surface area contributed by atoms with Gasteiger partial charge in [-0.15, -0.1) is 0 Å². The van der Waals surface area contributed by atoms with Gasteiger partial charge in [-0.3, -0.25) is 4.79 Å². The number of amides is 1. The van der Waals surface area contributed by atoms with Crippen molar-refractivity contribution in [1.82, 2.24) is 9.97 Å². The highest BCUT2D eigenvalue weighted by Gasteiger charge is 2.10. The maximum Gasteiger partial charge on any atom is 0.274 e. The number of aromatic nitrogens is 2. The van der Waals surface area contributed by atoms with Crippen LogP contribution in [-0.4, -0.2) is 15.9 Å². The van der Waals surface area contributed by atoms with Gasteiger partial charge in [0, 0.05) is 22.5 Å². The largest absolute Gasteiger partial charge is 0.340 e. The number of halogens is 1. The summed E-state index contributed by atoms with van der Waals surface area (Å²) < 4.78 is 0. The Morgan fingerprint density at radius 1 is 1.00 bits per heavy atom. The van der Waals surface area contributed by atoms with Crippen molar-refractivity contribution < 1.29 is 4.79 Å². The van der Waals surface area contributed by atoms with Gasteiger partial charge in [0.15, 0.2) is 0 Å². The standard InChI is InChI=1S/C19H17ClN4O/c1-12-3-6-15(7-4-12)23-19(25)17-10-18(22-11-21-17)24-16-8-5-14(20)9-13(16)2/h3-11H,1-2H3,(H,23,25)(H,21,22,24). The Bertz CT molecular complexity index is 910. The van der Waals surface area contributed by atoms with Crippen molar-refractivity contribution in [3.05, 3.63) is 76.7 Å². The van der Waals surface area contributed by atoms with E-state index in [2.05, 4.69) is 20.6 Å². The quantitative estimate of drug-likeness (QED) is 0.711. The van der Waals surface area contributed by atoms with E-state index in [1.165, 1.54) is 6.33 Å². The number of aryl methyl sites for hydroxylation is 2. The summed E-state index contributed by atoms with van der Waals surface area (Å²) in [5.74, 6) is 0.247. The Morgan fingerprint density at radius 2 is 1.76 bits per heavy atom. The monoisotopic (exact) mass is 352 g/mol. The summed E-state index contributed by atoms with van der Waals surface area (Å²) in [6.07, 6.45) is 1.36. The fraction of sp³-hybridized carbons (Fsp3) is 0.105. The minimum Gasteiger partial charge on any atom is -0.340 e. The Morgan fingerprint density at radius 3 is 2.48 bits per heavy atom. The predicted molar refractivity (Wildman–Crippen MR) is 101 cm³/mol. The van der Waals surface area contributed by atoms with Crippen LogP contribution >= 0.6 is 11.6 Å². The molecule has 5 nitrogen and oxygen atoms in total. The van der Waals surface area contributed by atoms with Gasteiger partial charge in [-0.1, -0.05) is 29.3 Å². The van der Waals surface area contributed by atoms with E-state index in [9.17, 15) is 4.79 Å². The number of benzene rings is 2. The van der Waals surface area contributed by atoms with Crippen molar-refractivity contribution in [2.24, 2.45) is 0 Å². The molecule has 1 heterocycles. The van der Waals surface area contributed by atoms with Crippen molar-refractivity contribution in [3.63, 3.8) is 0 Å². The first-order valence-electron chi connectivity index (χ1n) is 7.74. The summed E-state index contributed by atoms with van der Waals surface area (Å²) in [6.45, 7) is 3.94. The Kier molecular flexibility index (Phi) is 4.95. The third-order valence-electron chi connectivity index (χ3n) is 3.66. The van der Waals surface area contributed by atoms with Crippen molar-refractivity contribution in [1.29, 1.82) is 0 Å². The Labute approximate surface area is 151 Å². The molecule has 1 amide bonds. The van der Waals surface area contributed by atoms with Gasteiger partial charge in [-0.25, -0.2) is 9.97 Å². The van der Waals surface area contributed by atoms with Gasteiger partial charge in [0.05, 0.1) is 0 Å². The molecule has 3 rings (SSSR count). The van der Waals surface area contributed by atoms with Crippen LogP contribution in [0, 0.1) is 13.8 Å². The number of hydrogen-bond donors (Lipinski definition) is 2. The fourth-order valence-electron chi connectivity index (χ4n) is 2.29. The van der Waals surface area contributed by atoms with E-state index in [0.717, 1.165) is 22.5 Å². The average Bonchev–Trinajstić information content (AvgIpc) is 2.60. The molecule has 6 heteroatoms. The third-order valence-corrected chi connectivity index (χ3v) is 3.90. The van der Waals surface area contributed by atoms with Gasteiger partial charge in [-0.05, 0) is 49.7 Å². The van der Waals surface area contributed by atoms with Crippen LogP contribution in [0.25, 0.3) is 0 Å². The molecular weight excluding hydrogens is 336 g/mol. The normalized spacial score (nSPS) is 10.4. The van der Waals surface area contributed by atoms with E-state index >= 15 is 0 Å². The van der Waals surface area contributed by atoms with E-state index < -0.39 is 0 Å². The van der Waals surface area contributed by atoms with Crippen LogP contribution in [0.5, 0.6) is 0 Å². The molecule has 0 fully saturated rings. The maximum absolute atomic E-state index is 12.4. The van der Waals surface area contributed by atoms with Crippen LogP contribution in [0.1, 0.15) is 21.6 Å². The molecule has 126 valence electrons. The lowest BCUT2D eigenvalue weighted by Gasteiger charge is -2.10. The van der Waals surface area contributed by atoms with Crippen LogP contribution in [0.15, 0.2) is 54.9 Å². The van der Waals surface area contributed by atoms with E-state index in [4.69, 9.17) is 11.6 Å². The van der Waals surface area contributed by atoms with Crippen LogP contribution < -0.4 is 10.6 Å². The van der Waals surface area contributed by atoms with E-state index in [0.29, 0.717) is 10.8 Å². The average molecular weight is 353 g/mol. The summed E-state index contributed by atoms with van der Waals surface area (Å²) in [5.41, 5.74) is 3.98. The third kappa shape index (κ3) is 4.33. The molecule has 0 aliphatic rings. The second kappa shape index (κ2) is 7.32. The molecule has 0 aliphatic heterocycles. The molecule has 3 aromatic rings. The van der Waals surface area contributed by atoms with Gasteiger partial charge in [0.2, 0.25) is 0 Å². The first-order chi connectivity index (χ1) is 12.0. The number of nitrogens with zero attached hydrogens (tertiary/aromatic N) is 2. The van der Waals surface area contributed by atoms with E-state index in [1.807, 2.05) is 50.2 Å². The second-order valence-corrected chi connectivity index (χ2v) is 6.13. The predicted octanol–water partition coefficient (Wildman–Crippen LogP) is 4.74. The van der Waals surface area contributed by atoms with E-state index in [-0.39, 0.29) is 11.6 Å². The zero-order valence-electron chi connectivity index (χ0n) is 13.9. The number of hydrogen-bond acceptors (Lipinski definition) is 4. The molecule has 0 atom stereocenters. The first-order valence-corrected chi connectivity index (χ1v) is 8.12. The van der Waals surface area contributed by atoms with Gasteiger partial charge in [0.25, 0.3) is 5.91 Å². The maximum atomic E-state index is 12.4. The lowest BCUT2D eigenvalue weighted by Crippen LogP contribution is -2.14. The summed E-state index contributed by atoms with van der Waals surface area (Å²) in [4.78, 5) is 20.6. The highest BCUT2D eigenvalue weighted by Crippen LogP contribution is 2.22. The molecule has 0 spiro atoms. The molecular formula is C19H17ClN4O. The molecule has 1 aromatic heterocycles. The summed E-state index contributed by atoms with van der Waals surface area (Å²) >= 11 is 5.97. The van der Waals surface area contributed by atoms with Crippen molar-refractivity contribution >= 4 is 34.7 Å². The molecule has 0 bridgehead atoms. The van der Waals surface area contributed by atoms with Gasteiger partial charge in [-0.2, -0.15) is 0 Å². The number of carbonyl (C=O) groups is 1. The van der Waals surface area contributed by atoms with Crippen LogP contribution in [-0.2, 0) is 0 Å². The number of anilines is 3. The smallest absolute Gasteiger partial charge is 0.274 e. The molecule has 0 unspecified atom stereocenters.